The van der Waals surface area contributed by atoms with Crippen LogP contribution in [0.3, 0.4) is 0 Å². The molecular weight excluding hydrogens is 370 g/mol. The van der Waals surface area contributed by atoms with Crippen LogP contribution in [0.1, 0.15) is 37.3 Å². The van der Waals surface area contributed by atoms with Crippen molar-refractivity contribution in [3.8, 4) is 5.75 Å². The largest absolute Gasteiger partial charge is 0.496 e. The van der Waals surface area contributed by atoms with E-state index in [1.165, 1.54) is 0 Å². The maximum atomic E-state index is 13.8. The first-order valence-corrected chi connectivity index (χ1v) is 7.48. The van der Waals surface area contributed by atoms with Crippen LogP contribution in [0.15, 0.2) is 12.1 Å². The van der Waals surface area contributed by atoms with Crippen LogP contribution in [0.25, 0.3) is 0 Å². The zero-order valence-electron chi connectivity index (χ0n) is 13.9. The molecule has 0 bridgehead atoms. The lowest BCUT2D eigenvalue weighted by atomic mass is 9.76. The first kappa shape index (κ1) is 20.3. The van der Waals surface area contributed by atoms with Crippen molar-refractivity contribution < 1.29 is 45.7 Å². The first-order chi connectivity index (χ1) is 11.9. The second-order valence-electron chi connectivity index (χ2n) is 6.18. The average Bonchev–Trinajstić information content (AvgIpc) is 2.79. The predicted octanol–water partition coefficient (Wildman–Crippen LogP) is 4.30. The van der Waals surface area contributed by atoms with E-state index in [1.807, 2.05) is 0 Å². The molecule has 1 aliphatic heterocycles. The third kappa shape index (κ3) is 3.00. The first-order valence-electron chi connectivity index (χ1n) is 7.48. The van der Waals surface area contributed by atoms with Gasteiger partial charge in [0.1, 0.15) is 11.6 Å². The molecule has 4 atom stereocenters. The SMILES string of the molecule is COc1c(C2C(C(=O)O)OC(C)(C(F)(F)F)C2C)ccc(F)c1C(F)F. The smallest absolute Gasteiger partial charge is 0.417 e. The summed E-state index contributed by atoms with van der Waals surface area (Å²) in [5.41, 5.74) is -4.25. The van der Waals surface area contributed by atoms with Gasteiger partial charge in [-0.25, -0.2) is 18.0 Å². The van der Waals surface area contributed by atoms with Crippen LogP contribution in [0.4, 0.5) is 26.3 Å². The zero-order chi connectivity index (χ0) is 20.0. The quantitative estimate of drug-likeness (QED) is 0.785. The predicted molar refractivity (Wildman–Crippen MR) is 76.8 cm³/mol. The number of benzene rings is 1. The Morgan fingerprint density at radius 2 is 1.92 bits per heavy atom. The molecule has 0 saturated carbocycles. The van der Waals surface area contributed by atoms with Gasteiger partial charge in [0.05, 0.1) is 12.7 Å². The fourth-order valence-corrected chi connectivity index (χ4v) is 3.30. The maximum Gasteiger partial charge on any atom is 0.417 e. The molecule has 146 valence electrons. The molecule has 10 heteroatoms. The number of ether oxygens (including phenoxy) is 2. The molecule has 1 heterocycles. The van der Waals surface area contributed by atoms with Crippen LogP contribution >= 0.6 is 0 Å². The van der Waals surface area contributed by atoms with Crippen LogP contribution in [0, 0.1) is 11.7 Å². The Balaban J connectivity index is 2.69. The minimum Gasteiger partial charge on any atom is -0.496 e. The number of rotatable bonds is 4. The van der Waals surface area contributed by atoms with Gasteiger partial charge in [0, 0.05) is 17.4 Å². The summed E-state index contributed by atoms with van der Waals surface area (Å²) in [5, 5.41) is 9.30. The van der Waals surface area contributed by atoms with Gasteiger partial charge < -0.3 is 14.6 Å². The van der Waals surface area contributed by atoms with Gasteiger partial charge in [-0.2, -0.15) is 13.2 Å². The third-order valence-electron chi connectivity index (χ3n) is 4.87. The van der Waals surface area contributed by atoms with Gasteiger partial charge in [-0.15, -0.1) is 0 Å². The van der Waals surface area contributed by atoms with Crippen molar-refractivity contribution in [3.05, 3.63) is 29.1 Å². The van der Waals surface area contributed by atoms with Gasteiger partial charge in [-0.1, -0.05) is 13.0 Å². The van der Waals surface area contributed by atoms with Gasteiger partial charge in [0.2, 0.25) is 0 Å². The van der Waals surface area contributed by atoms with E-state index in [-0.39, 0.29) is 5.56 Å². The van der Waals surface area contributed by atoms with Crippen molar-refractivity contribution in [1.82, 2.24) is 0 Å². The Morgan fingerprint density at radius 3 is 2.35 bits per heavy atom. The second-order valence-corrected chi connectivity index (χ2v) is 6.18. The minimum atomic E-state index is -4.91. The molecule has 0 aromatic heterocycles. The molecule has 0 radical (unpaired) electrons. The van der Waals surface area contributed by atoms with Gasteiger partial charge in [0.25, 0.3) is 6.43 Å². The second kappa shape index (κ2) is 6.64. The van der Waals surface area contributed by atoms with E-state index in [1.54, 1.807) is 0 Å². The fourth-order valence-electron chi connectivity index (χ4n) is 3.30. The Kier molecular flexibility index (Phi) is 5.19. The monoisotopic (exact) mass is 386 g/mol. The number of hydrogen-bond donors (Lipinski definition) is 1. The molecule has 1 saturated heterocycles. The van der Waals surface area contributed by atoms with Crippen molar-refractivity contribution in [2.45, 2.75) is 44.1 Å². The summed E-state index contributed by atoms with van der Waals surface area (Å²) < 4.78 is 90.1. The highest BCUT2D eigenvalue weighted by Gasteiger charge is 2.66. The highest BCUT2D eigenvalue weighted by atomic mass is 19.4. The number of methoxy groups -OCH3 is 1. The maximum absolute atomic E-state index is 13.8. The highest BCUT2D eigenvalue weighted by molar-refractivity contribution is 5.75. The minimum absolute atomic E-state index is 0.280. The number of carboxylic acid groups (broad SMARTS) is 1. The number of halogens is 6. The molecule has 1 fully saturated rings. The van der Waals surface area contributed by atoms with Crippen molar-refractivity contribution in [2.75, 3.05) is 7.11 Å². The molecule has 4 nitrogen and oxygen atoms in total. The topological polar surface area (TPSA) is 55.8 Å². The van der Waals surface area contributed by atoms with E-state index in [4.69, 9.17) is 9.47 Å². The molecule has 1 aliphatic rings. The van der Waals surface area contributed by atoms with Gasteiger partial charge in [0.15, 0.2) is 11.7 Å². The Bertz CT molecular complexity index is 705. The summed E-state index contributed by atoms with van der Waals surface area (Å²) in [4.78, 5) is 11.5. The number of carboxylic acids is 1. The van der Waals surface area contributed by atoms with Crippen molar-refractivity contribution >= 4 is 5.97 Å². The zero-order valence-corrected chi connectivity index (χ0v) is 13.9. The average molecular weight is 386 g/mol. The molecule has 1 aromatic rings. The summed E-state index contributed by atoms with van der Waals surface area (Å²) in [6.07, 6.45) is -10.2. The van der Waals surface area contributed by atoms with Crippen LogP contribution in [-0.4, -0.2) is 36.1 Å². The molecule has 0 spiro atoms. The van der Waals surface area contributed by atoms with Gasteiger partial charge >= 0.3 is 12.1 Å². The summed E-state index contributed by atoms with van der Waals surface area (Å²) in [6.45, 7) is 1.80. The van der Waals surface area contributed by atoms with Gasteiger partial charge in [-0.05, 0) is 13.0 Å². The molecular formula is C16H16F6O4. The lowest BCUT2D eigenvalue weighted by Crippen LogP contribution is -2.47. The Morgan fingerprint density at radius 1 is 1.35 bits per heavy atom. The lowest BCUT2D eigenvalue weighted by molar-refractivity contribution is -0.273. The summed E-state index contributed by atoms with van der Waals surface area (Å²) in [7, 11) is 0.948. The van der Waals surface area contributed by atoms with Crippen LogP contribution in [0.5, 0.6) is 5.75 Å². The van der Waals surface area contributed by atoms with Crippen molar-refractivity contribution in [2.24, 2.45) is 5.92 Å². The third-order valence-corrected chi connectivity index (χ3v) is 4.87. The molecule has 4 unspecified atom stereocenters. The molecule has 1 N–H and O–H groups in total. The number of alkyl halides is 5. The standard InChI is InChI=1S/C16H16F6O4/c1-6-9(12(14(23)24)26-15(6,2)16(20,21)22)7-4-5-8(17)10(13(18)19)11(7)25-3/h4-6,9,12-13H,1-3H3,(H,23,24). The van der Waals surface area contributed by atoms with E-state index in [9.17, 15) is 36.2 Å². The van der Waals surface area contributed by atoms with Crippen LogP contribution in [-0.2, 0) is 9.53 Å². The van der Waals surface area contributed by atoms with Crippen LogP contribution < -0.4 is 4.74 Å². The van der Waals surface area contributed by atoms with E-state index >= 15 is 0 Å². The molecule has 2 rings (SSSR count). The van der Waals surface area contributed by atoms with Crippen molar-refractivity contribution in [1.29, 1.82) is 0 Å². The van der Waals surface area contributed by atoms with E-state index in [2.05, 4.69) is 0 Å². The lowest BCUT2D eigenvalue weighted by Gasteiger charge is -2.32. The van der Waals surface area contributed by atoms with E-state index < -0.39 is 59.2 Å². The molecule has 26 heavy (non-hydrogen) atoms. The summed E-state index contributed by atoms with van der Waals surface area (Å²) in [5.74, 6) is -6.63. The number of hydrogen-bond acceptors (Lipinski definition) is 3. The van der Waals surface area contributed by atoms with Crippen molar-refractivity contribution in [3.63, 3.8) is 0 Å². The molecule has 1 aromatic carbocycles. The van der Waals surface area contributed by atoms with E-state index in [0.717, 1.165) is 20.1 Å². The van der Waals surface area contributed by atoms with Crippen LogP contribution in [0.2, 0.25) is 0 Å². The number of aliphatic carboxylic acids is 1. The number of carbonyl (C=O) groups is 1. The Hall–Kier alpha value is -1.97. The van der Waals surface area contributed by atoms with Gasteiger partial charge in [-0.3, -0.25) is 0 Å². The Labute approximate surface area is 144 Å². The normalized spacial score (nSPS) is 29.2. The summed E-state index contributed by atoms with van der Waals surface area (Å²) in [6, 6.07) is 1.59. The summed E-state index contributed by atoms with van der Waals surface area (Å²) >= 11 is 0. The van der Waals surface area contributed by atoms with E-state index in [0.29, 0.717) is 13.0 Å². The highest BCUT2D eigenvalue weighted by Crippen LogP contribution is 2.55. The fraction of sp³-hybridized carbons (Fsp3) is 0.562. The molecule has 0 aliphatic carbocycles. The molecule has 0 amide bonds.